The van der Waals surface area contributed by atoms with Crippen LogP contribution < -0.4 is 10.6 Å². The standard InChI is InChI=1S/C17H24N2O4/c1-5-13(16(22)23)19-15(21)12-8-6-11(7-9-12)14(20)18-10-17(2,3)4/h6-9,13H,5,10H2,1-4H3,(H,18,20)(H,19,21)(H,22,23). The highest BCUT2D eigenvalue weighted by Gasteiger charge is 2.19. The Labute approximate surface area is 136 Å². The summed E-state index contributed by atoms with van der Waals surface area (Å²) in [7, 11) is 0. The molecule has 1 aromatic carbocycles. The van der Waals surface area contributed by atoms with Gasteiger partial charge >= 0.3 is 5.97 Å². The van der Waals surface area contributed by atoms with Crippen LogP contribution in [0.3, 0.4) is 0 Å². The van der Waals surface area contributed by atoms with E-state index in [1.54, 1.807) is 19.1 Å². The SMILES string of the molecule is CCC(NC(=O)c1ccc(C(=O)NCC(C)(C)C)cc1)C(=O)O. The van der Waals surface area contributed by atoms with Gasteiger partial charge in [-0.05, 0) is 36.1 Å². The van der Waals surface area contributed by atoms with Crippen molar-refractivity contribution in [3.8, 4) is 0 Å². The average molecular weight is 320 g/mol. The summed E-state index contributed by atoms with van der Waals surface area (Å²) in [5.74, 6) is -1.75. The summed E-state index contributed by atoms with van der Waals surface area (Å²) in [5, 5.41) is 14.2. The molecule has 1 aromatic rings. The monoisotopic (exact) mass is 320 g/mol. The van der Waals surface area contributed by atoms with Gasteiger partial charge in [0.15, 0.2) is 0 Å². The molecule has 2 amide bonds. The van der Waals surface area contributed by atoms with Crippen LogP contribution in [0.15, 0.2) is 24.3 Å². The number of rotatable bonds is 6. The second-order valence-corrected chi connectivity index (χ2v) is 6.59. The topological polar surface area (TPSA) is 95.5 Å². The fraction of sp³-hybridized carbons (Fsp3) is 0.471. The maximum absolute atomic E-state index is 12.0. The third-order valence-corrected chi connectivity index (χ3v) is 3.20. The number of nitrogens with one attached hydrogen (secondary N) is 2. The highest BCUT2D eigenvalue weighted by molar-refractivity contribution is 5.99. The van der Waals surface area contributed by atoms with E-state index in [1.165, 1.54) is 12.1 Å². The third-order valence-electron chi connectivity index (χ3n) is 3.20. The molecule has 1 atom stereocenters. The average Bonchev–Trinajstić information content (AvgIpc) is 2.49. The van der Waals surface area contributed by atoms with Gasteiger partial charge in [0, 0.05) is 17.7 Å². The van der Waals surface area contributed by atoms with Crippen molar-refractivity contribution in [3.05, 3.63) is 35.4 Å². The van der Waals surface area contributed by atoms with Gasteiger partial charge in [0.1, 0.15) is 6.04 Å². The van der Waals surface area contributed by atoms with Crippen molar-refractivity contribution < 1.29 is 19.5 Å². The molecule has 0 spiro atoms. The zero-order chi connectivity index (χ0) is 17.6. The van der Waals surface area contributed by atoms with E-state index >= 15 is 0 Å². The highest BCUT2D eigenvalue weighted by Crippen LogP contribution is 2.11. The summed E-state index contributed by atoms with van der Waals surface area (Å²) in [5.41, 5.74) is 0.759. The fourth-order valence-corrected chi connectivity index (χ4v) is 1.80. The Morgan fingerprint density at radius 1 is 1.04 bits per heavy atom. The first kappa shape index (κ1) is 18.7. The zero-order valence-corrected chi connectivity index (χ0v) is 14.0. The van der Waals surface area contributed by atoms with E-state index in [1.807, 2.05) is 20.8 Å². The normalized spacial score (nSPS) is 12.3. The summed E-state index contributed by atoms with van der Waals surface area (Å²) in [4.78, 5) is 34.9. The minimum Gasteiger partial charge on any atom is -0.480 e. The van der Waals surface area contributed by atoms with Crippen molar-refractivity contribution in [1.29, 1.82) is 0 Å². The molecular weight excluding hydrogens is 296 g/mol. The predicted molar refractivity (Wildman–Crippen MR) is 87.4 cm³/mol. The lowest BCUT2D eigenvalue weighted by atomic mass is 9.97. The Kier molecular flexibility index (Phi) is 6.30. The molecule has 0 aliphatic carbocycles. The first-order valence-corrected chi connectivity index (χ1v) is 7.56. The molecule has 0 radical (unpaired) electrons. The van der Waals surface area contributed by atoms with Crippen LogP contribution in [0.2, 0.25) is 0 Å². The summed E-state index contributed by atoms with van der Waals surface area (Å²) in [6.07, 6.45) is 0.300. The summed E-state index contributed by atoms with van der Waals surface area (Å²) in [6.45, 7) is 8.29. The number of hydrogen-bond donors (Lipinski definition) is 3. The molecule has 1 unspecified atom stereocenters. The second-order valence-electron chi connectivity index (χ2n) is 6.59. The Balaban J connectivity index is 2.70. The van der Waals surface area contributed by atoms with Crippen molar-refractivity contribution in [2.24, 2.45) is 5.41 Å². The Morgan fingerprint density at radius 3 is 1.91 bits per heavy atom. The van der Waals surface area contributed by atoms with Crippen molar-refractivity contribution in [1.82, 2.24) is 10.6 Å². The van der Waals surface area contributed by atoms with Gasteiger partial charge in [-0.25, -0.2) is 4.79 Å². The van der Waals surface area contributed by atoms with E-state index in [-0.39, 0.29) is 11.3 Å². The van der Waals surface area contributed by atoms with Gasteiger partial charge < -0.3 is 15.7 Å². The van der Waals surface area contributed by atoms with Crippen LogP contribution in [0.1, 0.15) is 54.8 Å². The van der Waals surface area contributed by atoms with Gasteiger partial charge in [-0.1, -0.05) is 27.7 Å². The molecule has 0 saturated heterocycles. The molecule has 3 N–H and O–H groups in total. The quantitative estimate of drug-likeness (QED) is 0.747. The molecule has 0 aromatic heterocycles. The molecule has 0 fully saturated rings. The molecule has 23 heavy (non-hydrogen) atoms. The number of aliphatic carboxylic acids is 1. The minimum absolute atomic E-state index is 0.0124. The number of amides is 2. The van der Waals surface area contributed by atoms with Crippen LogP contribution in [-0.2, 0) is 4.79 Å². The number of hydrogen-bond acceptors (Lipinski definition) is 3. The van der Waals surface area contributed by atoms with E-state index in [0.717, 1.165) is 0 Å². The molecule has 0 aliphatic heterocycles. The number of carboxylic acid groups (broad SMARTS) is 1. The Bertz CT molecular complexity index is 573. The molecule has 1 rings (SSSR count). The van der Waals surface area contributed by atoms with Crippen LogP contribution in [-0.4, -0.2) is 35.5 Å². The lowest BCUT2D eigenvalue weighted by Gasteiger charge is -2.18. The van der Waals surface area contributed by atoms with Crippen LogP contribution >= 0.6 is 0 Å². The second kappa shape index (κ2) is 7.76. The first-order valence-electron chi connectivity index (χ1n) is 7.56. The Morgan fingerprint density at radius 2 is 1.52 bits per heavy atom. The van der Waals surface area contributed by atoms with Gasteiger partial charge in [-0.2, -0.15) is 0 Å². The van der Waals surface area contributed by atoms with Gasteiger partial charge in [0.25, 0.3) is 11.8 Å². The summed E-state index contributed by atoms with van der Waals surface area (Å²) < 4.78 is 0. The fourth-order valence-electron chi connectivity index (χ4n) is 1.80. The van der Waals surface area contributed by atoms with E-state index < -0.39 is 17.9 Å². The zero-order valence-electron chi connectivity index (χ0n) is 14.0. The van der Waals surface area contributed by atoms with Crippen molar-refractivity contribution in [2.45, 2.75) is 40.2 Å². The van der Waals surface area contributed by atoms with Gasteiger partial charge in [0.2, 0.25) is 0 Å². The van der Waals surface area contributed by atoms with E-state index in [0.29, 0.717) is 24.1 Å². The number of carboxylic acids is 1. The summed E-state index contributed by atoms with van der Waals surface area (Å²) in [6, 6.07) is 5.20. The van der Waals surface area contributed by atoms with E-state index in [4.69, 9.17) is 5.11 Å². The lowest BCUT2D eigenvalue weighted by Crippen LogP contribution is -2.40. The van der Waals surface area contributed by atoms with Gasteiger partial charge in [-0.3, -0.25) is 9.59 Å². The largest absolute Gasteiger partial charge is 0.480 e. The molecule has 6 heteroatoms. The molecule has 6 nitrogen and oxygen atoms in total. The van der Waals surface area contributed by atoms with Crippen molar-refractivity contribution in [3.63, 3.8) is 0 Å². The Hall–Kier alpha value is -2.37. The van der Waals surface area contributed by atoms with Gasteiger partial charge in [-0.15, -0.1) is 0 Å². The summed E-state index contributed by atoms with van der Waals surface area (Å²) >= 11 is 0. The minimum atomic E-state index is -1.07. The number of benzene rings is 1. The molecule has 126 valence electrons. The molecule has 0 saturated carbocycles. The first-order chi connectivity index (χ1) is 10.6. The van der Waals surface area contributed by atoms with Crippen LogP contribution in [0.5, 0.6) is 0 Å². The third kappa shape index (κ3) is 6.10. The number of carbonyl (C=O) groups excluding carboxylic acids is 2. The molecule has 0 aliphatic rings. The maximum Gasteiger partial charge on any atom is 0.326 e. The van der Waals surface area contributed by atoms with Crippen molar-refractivity contribution in [2.75, 3.05) is 6.54 Å². The van der Waals surface area contributed by atoms with Crippen LogP contribution in [0.4, 0.5) is 0 Å². The van der Waals surface area contributed by atoms with Crippen molar-refractivity contribution >= 4 is 17.8 Å². The van der Waals surface area contributed by atoms with E-state index in [9.17, 15) is 14.4 Å². The molecule has 0 heterocycles. The smallest absolute Gasteiger partial charge is 0.326 e. The van der Waals surface area contributed by atoms with Crippen LogP contribution in [0.25, 0.3) is 0 Å². The maximum atomic E-state index is 12.0. The highest BCUT2D eigenvalue weighted by atomic mass is 16.4. The number of carbonyl (C=O) groups is 3. The lowest BCUT2D eigenvalue weighted by molar-refractivity contribution is -0.139. The molecular formula is C17H24N2O4. The van der Waals surface area contributed by atoms with Crippen LogP contribution in [0, 0.1) is 5.41 Å². The molecule has 0 bridgehead atoms. The predicted octanol–water partition coefficient (Wildman–Crippen LogP) is 2.06. The van der Waals surface area contributed by atoms with E-state index in [2.05, 4.69) is 10.6 Å². The van der Waals surface area contributed by atoms with Gasteiger partial charge in [0.05, 0.1) is 0 Å².